The van der Waals surface area contributed by atoms with E-state index in [4.69, 9.17) is 4.74 Å². The number of halogens is 1. The molecule has 0 aliphatic carbocycles. The van der Waals surface area contributed by atoms with Gasteiger partial charge in [-0.3, -0.25) is 4.79 Å². The Kier molecular flexibility index (Phi) is 7.38. The van der Waals surface area contributed by atoms with Gasteiger partial charge in [-0.2, -0.15) is 0 Å². The second-order valence-electron chi connectivity index (χ2n) is 3.58. The molecule has 0 fully saturated rings. The minimum absolute atomic E-state index is 0. The number of ether oxygens (including phenoxy) is 1. The van der Waals surface area contributed by atoms with Crippen LogP contribution in [0.15, 0.2) is 30.3 Å². The number of hydrogen-bond acceptors (Lipinski definition) is 3. The largest absolute Gasteiger partial charge is 0.463 e. The van der Waals surface area contributed by atoms with Gasteiger partial charge in [-0.25, -0.2) is 0 Å². The minimum Gasteiger partial charge on any atom is -0.463 e. The molecule has 3 nitrogen and oxygen atoms in total. The van der Waals surface area contributed by atoms with Crippen molar-refractivity contribution in [2.75, 3.05) is 11.9 Å². The summed E-state index contributed by atoms with van der Waals surface area (Å²) >= 11 is 0. The summed E-state index contributed by atoms with van der Waals surface area (Å²) in [5, 5.41) is 3.15. The Labute approximate surface area is 103 Å². The monoisotopic (exact) mass is 243 g/mol. The van der Waals surface area contributed by atoms with Gasteiger partial charge in [0.1, 0.15) is 0 Å². The zero-order valence-corrected chi connectivity index (χ0v) is 10.4. The lowest BCUT2D eigenvalue weighted by Gasteiger charge is -2.08. The standard InChI is InChI=1S/C12H17NO2.ClH/c1-10(2)15-12(14)8-9-13-11-6-4-3-5-7-11;/h3-7,10,13H,8-9H2,1-2H3;1H. The molecule has 1 aromatic rings. The summed E-state index contributed by atoms with van der Waals surface area (Å²) in [7, 11) is 0. The van der Waals surface area contributed by atoms with Crippen molar-refractivity contribution in [1.82, 2.24) is 0 Å². The number of para-hydroxylation sites is 1. The number of rotatable bonds is 5. The van der Waals surface area contributed by atoms with Crippen LogP contribution in [0.25, 0.3) is 0 Å². The first kappa shape index (κ1) is 14.8. The molecule has 0 saturated heterocycles. The quantitative estimate of drug-likeness (QED) is 0.809. The van der Waals surface area contributed by atoms with Crippen molar-refractivity contribution in [1.29, 1.82) is 0 Å². The van der Waals surface area contributed by atoms with Gasteiger partial charge in [0, 0.05) is 12.2 Å². The first-order valence-electron chi connectivity index (χ1n) is 5.17. The molecule has 0 aliphatic rings. The molecule has 16 heavy (non-hydrogen) atoms. The third-order valence-corrected chi connectivity index (χ3v) is 1.80. The first-order chi connectivity index (χ1) is 7.18. The Morgan fingerprint density at radius 1 is 1.31 bits per heavy atom. The van der Waals surface area contributed by atoms with E-state index in [-0.39, 0.29) is 24.5 Å². The van der Waals surface area contributed by atoms with E-state index in [9.17, 15) is 4.79 Å². The summed E-state index contributed by atoms with van der Waals surface area (Å²) in [6.07, 6.45) is 0.363. The smallest absolute Gasteiger partial charge is 0.307 e. The molecule has 0 aromatic heterocycles. The molecule has 0 unspecified atom stereocenters. The van der Waals surface area contributed by atoms with Gasteiger partial charge in [-0.15, -0.1) is 12.4 Å². The molecule has 1 N–H and O–H groups in total. The Bertz CT molecular complexity index is 301. The molecule has 4 heteroatoms. The number of anilines is 1. The molecule has 0 spiro atoms. The summed E-state index contributed by atoms with van der Waals surface area (Å²) in [5.74, 6) is -0.159. The highest BCUT2D eigenvalue weighted by molar-refractivity contribution is 5.85. The highest BCUT2D eigenvalue weighted by Crippen LogP contribution is 2.04. The average Bonchev–Trinajstić information content (AvgIpc) is 2.18. The van der Waals surface area contributed by atoms with Gasteiger partial charge in [0.2, 0.25) is 0 Å². The zero-order valence-electron chi connectivity index (χ0n) is 9.60. The minimum atomic E-state index is -0.159. The van der Waals surface area contributed by atoms with Gasteiger partial charge in [-0.1, -0.05) is 18.2 Å². The molecule has 90 valence electrons. The fourth-order valence-corrected chi connectivity index (χ4v) is 1.19. The van der Waals surface area contributed by atoms with Crippen LogP contribution in [0.4, 0.5) is 5.69 Å². The second kappa shape index (κ2) is 7.99. The van der Waals surface area contributed by atoms with Crippen molar-refractivity contribution in [3.8, 4) is 0 Å². The van der Waals surface area contributed by atoms with E-state index in [0.717, 1.165) is 5.69 Å². The summed E-state index contributed by atoms with van der Waals surface area (Å²) in [4.78, 5) is 11.2. The molecule has 0 radical (unpaired) electrons. The maximum absolute atomic E-state index is 11.2. The van der Waals surface area contributed by atoms with Gasteiger partial charge in [0.15, 0.2) is 0 Å². The molecule has 0 amide bonds. The SMILES string of the molecule is CC(C)OC(=O)CCNc1ccccc1.Cl. The van der Waals surface area contributed by atoms with Crippen molar-refractivity contribution in [3.05, 3.63) is 30.3 Å². The number of hydrogen-bond donors (Lipinski definition) is 1. The van der Waals surface area contributed by atoms with E-state index in [0.29, 0.717) is 13.0 Å². The number of esters is 1. The normalized spacial score (nSPS) is 9.44. The lowest BCUT2D eigenvalue weighted by atomic mass is 10.3. The molecule has 0 atom stereocenters. The van der Waals surface area contributed by atoms with Crippen molar-refractivity contribution < 1.29 is 9.53 Å². The van der Waals surface area contributed by atoms with E-state index in [1.807, 2.05) is 44.2 Å². The van der Waals surface area contributed by atoms with Crippen LogP contribution in [0.5, 0.6) is 0 Å². The molecular weight excluding hydrogens is 226 g/mol. The van der Waals surface area contributed by atoms with E-state index >= 15 is 0 Å². The number of carbonyl (C=O) groups is 1. The van der Waals surface area contributed by atoms with Crippen LogP contribution in [-0.4, -0.2) is 18.6 Å². The topological polar surface area (TPSA) is 38.3 Å². The number of benzene rings is 1. The summed E-state index contributed by atoms with van der Waals surface area (Å²) in [6, 6.07) is 9.79. The maximum atomic E-state index is 11.2. The molecule has 1 rings (SSSR count). The van der Waals surface area contributed by atoms with Gasteiger partial charge in [0.25, 0.3) is 0 Å². The van der Waals surface area contributed by atoms with Crippen LogP contribution in [0.1, 0.15) is 20.3 Å². The van der Waals surface area contributed by atoms with E-state index in [1.54, 1.807) is 0 Å². The van der Waals surface area contributed by atoms with Gasteiger partial charge in [0.05, 0.1) is 12.5 Å². The van der Waals surface area contributed by atoms with E-state index in [2.05, 4.69) is 5.32 Å². The maximum Gasteiger partial charge on any atom is 0.307 e. The average molecular weight is 244 g/mol. The number of carbonyl (C=O) groups excluding carboxylic acids is 1. The van der Waals surface area contributed by atoms with Crippen molar-refractivity contribution in [3.63, 3.8) is 0 Å². The predicted molar refractivity (Wildman–Crippen MR) is 68.0 cm³/mol. The third-order valence-electron chi connectivity index (χ3n) is 1.80. The molecule has 0 bridgehead atoms. The van der Waals surface area contributed by atoms with E-state index < -0.39 is 0 Å². The van der Waals surface area contributed by atoms with Crippen LogP contribution in [0, 0.1) is 0 Å². The molecule has 0 heterocycles. The van der Waals surface area contributed by atoms with Crippen LogP contribution in [-0.2, 0) is 9.53 Å². The predicted octanol–water partition coefficient (Wildman–Crippen LogP) is 2.86. The summed E-state index contributed by atoms with van der Waals surface area (Å²) in [5.41, 5.74) is 1.02. The highest BCUT2D eigenvalue weighted by Gasteiger charge is 2.04. The molecule has 1 aromatic carbocycles. The fourth-order valence-electron chi connectivity index (χ4n) is 1.19. The van der Waals surface area contributed by atoms with Crippen LogP contribution in [0.2, 0.25) is 0 Å². The Hall–Kier alpha value is -1.22. The summed E-state index contributed by atoms with van der Waals surface area (Å²) < 4.78 is 5.01. The van der Waals surface area contributed by atoms with Crippen LogP contribution >= 0.6 is 12.4 Å². The highest BCUT2D eigenvalue weighted by atomic mass is 35.5. The second-order valence-corrected chi connectivity index (χ2v) is 3.58. The van der Waals surface area contributed by atoms with Gasteiger partial charge >= 0.3 is 5.97 Å². The molecule has 0 aliphatic heterocycles. The van der Waals surface area contributed by atoms with Gasteiger partial charge in [-0.05, 0) is 26.0 Å². The lowest BCUT2D eigenvalue weighted by Crippen LogP contribution is -2.15. The lowest BCUT2D eigenvalue weighted by molar-refractivity contribution is -0.147. The molecular formula is C12H18ClNO2. The summed E-state index contributed by atoms with van der Waals surface area (Å²) in [6.45, 7) is 4.31. The van der Waals surface area contributed by atoms with Crippen molar-refractivity contribution in [2.45, 2.75) is 26.4 Å². The molecule has 0 saturated carbocycles. The Balaban J connectivity index is 0.00000225. The van der Waals surface area contributed by atoms with Crippen LogP contribution in [0.3, 0.4) is 0 Å². The third kappa shape index (κ3) is 6.30. The first-order valence-corrected chi connectivity index (χ1v) is 5.17. The Morgan fingerprint density at radius 2 is 1.94 bits per heavy atom. The van der Waals surface area contributed by atoms with Crippen molar-refractivity contribution >= 4 is 24.1 Å². The number of nitrogens with one attached hydrogen (secondary N) is 1. The zero-order chi connectivity index (χ0) is 11.1. The fraction of sp³-hybridized carbons (Fsp3) is 0.417. The Morgan fingerprint density at radius 3 is 2.50 bits per heavy atom. The van der Waals surface area contributed by atoms with Crippen LogP contribution < -0.4 is 5.32 Å². The van der Waals surface area contributed by atoms with E-state index in [1.165, 1.54) is 0 Å². The van der Waals surface area contributed by atoms with Gasteiger partial charge < -0.3 is 10.1 Å². The van der Waals surface area contributed by atoms with Crippen molar-refractivity contribution in [2.24, 2.45) is 0 Å².